The highest BCUT2D eigenvalue weighted by Crippen LogP contribution is 2.21. The second-order valence-corrected chi connectivity index (χ2v) is 5.05. The Balaban J connectivity index is 0.00000196. The smallest absolute Gasteiger partial charge is 0.0295 e. The summed E-state index contributed by atoms with van der Waals surface area (Å²) in [5.74, 6) is 0.730. The van der Waals surface area contributed by atoms with Gasteiger partial charge in [0.2, 0.25) is 0 Å². The lowest BCUT2D eigenvalue weighted by atomic mass is 9.98. The highest BCUT2D eigenvalue weighted by molar-refractivity contribution is 9.10. The molecule has 0 heterocycles. The summed E-state index contributed by atoms with van der Waals surface area (Å²) >= 11 is 3.45. The van der Waals surface area contributed by atoms with Crippen molar-refractivity contribution in [1.29, 1.82) is 0 Å². The Labute approximate surface area is 107 Å². The molecule has 1 aromatic rings. The summed E-state index contributed by atoms with van der Waals surface area (Å²) in [6.07, 6.45) is 2.25. The first-order chi connectivity index (χ1) is 6.59. The summed E-state index contributed by atoms with van der Waals surface area (Å²) < 4.78 is 1.11. The van der Waals surface area contributed by atoms with Crippen LogP contribution in [-0.4, -0.2) is 0 Å². The van der Waals surface area contributed by atoms with E-state index < -0.39 is 0 Å². The Bertz CT molecular complexity index is 289. The van der Waals surface area contributed by atoms with Gasteiger partial charge >= 0.3 is 0 Å². The van der Waals surface area contributed by atoms with E-state index in [0.29, 0.717) is 0 Å². The van der Waals surface area contributed by atoms with Gasteiger partial charge in [0.25, 0.3) is 0 Å². The van der Waals surface area contributed by atoms with E-state index in [1.807, 2.05) is 12.1 Å². The zero-order chi connectivity index (χ0) is 10.6. The molecule has 0 aliphatic heterocycles. The van der Waals surface area contributed by atoms with Crippen molar-refractivity contribution in [2.45, 2.75) is 32.7 Å². The summed E-state index contributed by atoms with van der Waals surface area (Å²) in [6.45, 7) is 4.46. The van der Waals surface area contributed by atoms with Gasteiger partial charge in [0, 0.05) is 10.5 Å². The molecule has 86 valence electrons. The molecule has 0 saturated heterocycles. The van der Waals surface area contributed by atoms with Crippen LogP contribution in [0.25, 0.3) is 0 Å². The largest absolute Gasteiger partial charge is 0.324 e. The first kappa shape index (κ1) is 14.9. The zero-order valence-electron chi connectivity index (χ0n) is 9.24. The molecule has 0 bridgehead atoms. The molecule has 0 unspecified atom stereocenters. The molecule has 3 heteroatoms. The van der Waals surface area contributed by atoms with E-state index in [0.717, 1.165) is 16.8 Å². The summed E-state index contributed by atoms with van der Waals surface area (Å²) in [6, 6.07) is 8.43. The topological polar surface area (TPSA) is 26.0 Å². The van der Waals surface area contributed by atoms with E-state index >= 15 is 0 Å². The van der Waals surface area contributed by atoms with Gasteiger partial charge in [-0.3, -0.25) is 0 Å². The fourth-order valence-electron chi connectivity index (χ4n) is 1.42. The van der Waals surface area contributed by atoms with Gasteiger partial charge in [0.05, 0.1) is 0 Å². The van der Waals surface area contributed by atoms with Crippen LogP contribution in [0.2, 0.25) is 0 Å². The predicted molar refractivity (Wildman–Crippen MR) is 72.4 cm³/mol. The lowest BCUT2D eigenvalue weighted by Gasteiger charge is -2.13. The van der Waals surface area contributed by atoms with Crippen molar-refractivity contribution in [1.82, 2.24) is 0 Å². The van der Waals surface area contributed by atoms with Crippen LogP contribution >= 0.6 is 28.3 Å². The van der Waals surface area contributed by atoms with E-state index in [-0.39, 0.29) is 18.4 Å². The Hall–Kier alpha value is -0.0500. The summed E-state index contributed by atoms with van der Waals surface area (Å²) in [5, 5.41) is 0. The second-order valence-electron chi connectivity index (χ2n) is 4.13. The van der Waals surface area contributed by atoms with E-state index in [1.165, 1.54) is 12.0 Å². The predicted octanol–water partition coefficient (Wildman–Crippen LogP) is 4.31. The molecule has 0 spiro atoms. The van der Waals surface area contributed by atoms with Gasteiger partial charge < -0.3 is 5.73 Å². The van der Waals surface area contributed by atoms with E-state index in [1.54, 1.807) is 0 Å². The molecule has 1 nitrogen and oxygen atoms in total. The average molecular weight is 293 g/mol. The van der Waals surface area contributed by atoms with Gasteiger partial charge in [-0.2, -0.15) is 0 Å². The standard InChI is InChI=1S/C12H18BrN.ClH/c1-9(2)6-7-12(14)10-4-3-5-11(13)8-10;/h3-5,8-9,12H,6-7,14H2,1-2H3;1H/t12-;/m1./s1. The van der Waals surface area contributed by atoms with Gasteiger partial charge in [0.1, 0.15) is 0 Å². The molecule has 15 heavy (non-hydrogen) atoms. The third kappa shape index (κ3) is 5.55. The SMILES string of the molecule is CC(C)CC[C@@H](N)c1cccc(Br)c1.Cl. The number of benzene rings is 1. The maximum absolute atomic E-state index is 6.09. The summed E-state index contributed by atoms with van der Waals surface area (Å²) in [4.78, 5) is 0. The lowest BCUT2D eigenvalue weighted by molar-refractivity contribution is 0.507. The lowest BCUT2D eigenvalue weighted by Crippen LogP contribution is -2.11. The molecule has 0 fully saturated rings. The summed E-state index contributed by atoms with van der Waals surface area (Å²) in [5.41, 5.74) is 7.31. The molecular weight excluding hydrogens is 273 g/mol. The normalized spacial score (nSPS) is 12.3. The quantitative estimate of drug-likeness (QED) is 0.879. The molecule has 0 aromatic heterocycles. The van der Waals surface area contributed by atoms with E-state index in [4.69, 9.17) is 5.73 Å². The van der Waals surface area contributed by atoms with Gasteiger partial charge in [-0.15, -0.1) is 12.4 Å². The van der Waals surface area contributed by atoms with Gasteiger partial charge in [-0.1, -0.05) is 41.9 Å². The van der Waals surface area contributed by atoms with Crippen molar-refractivity contribution in [2.24, 2.45) is 11.7 Å². The Morgan fingerprint density at radius 1 is 1.27 bits per heavy atom. The first-order valence-corrected chi connectivity index (χ1v) is 5.90. The number of halogens is 2. The minimum Gasteiger partial charge on any atom is -0.324 e. The van der Waals surface area contributed by atoms with Crippen LogP contribution < -0.4 is 5.73 Å². The monoisotopic (exact) mass is 291 g/mol. The first-order valence-electron chi connectivity index (χ1n) is 5.10. The molecule has 0 radical (unpaired) electrons. The highest BCUT2D eigenvalue weighted by atomic mass is 79.9. The van der Waals surface area contributed by atoms with Crippen molar-refractivity contribution in [3.05, 3.63) is 34.3 Å². The third-order valence-electron chi connectivity index (χ3n) is 2.33. The maximum atomic E-state index is 6.09. The Morgan fingerprint density at radius 2 is 1.93 bits per heavy atom. The average Bonchev–Trinajstić information content (AvgIpc) is 2.14. The molecule has 0 aliphatic carbocycles. The van der Waals surface area contributed by atoms with Crippen LogP contribution in [0.1, 0.15) is 38.3 Å². The fourth-order valence-corrected chi connectivity index (χ4v) is 1.83. The minimum absolute atomic E-state index is 0. The highest BCUT2D eigenvalue weighted by Gasteiger charge is 2.06. The van der Waals surface area contributed by atoms with Crippen molar-refractivity contribution in [3.63, 3.8) is 0 Å². The molecule has 1 rings (SSSR count). The number of hydrogen-bond acceptors (Lipinski definition) is 1. The van der Waals surface area contributed by atoms with Crippen molar-refractivity contribution in [2.75, 3.05) is 0 Å². The third-order valence-corrected chi connectivity index (χ3v) is 2.83. The fraction of sp³-hybridized carbons (Fsp3) is 0.500. The van der Waals surface area contributed by atoms with Crippen molar-refractivity contribution < 1.29 is 0 Å². The Morgan fingerprint density at radius 3 is 2.47 bits per heavy atom. The van der Waals surface area contributed by atoms with Gasteiger partial charge in [-0.25, -0.2) is 0 Å². The molecule has 0 aliphatic rings. The van der Waals surface area contributed by atoms with Gasteiger partial charge in [-0.05, 0) is 36.5 Å². The van der Waals surface area contributed by atoms with E-state index in [2.05, 4.69) is 41.9 Å². The van der Waals surface area contributed by atoms with Crippen LogP contribution in [0.15, 0.2) is 28.7 Å². The van der Waals surface area contributed by atoms with Crippen LogP contribution in [0.5, 0.6) is 0 Å². The van der Waals surface area contributed by atoms with Crippen LogP contribution in [0.3, 0.4) is 0 Å². The van der Waals surface area contributed by atoms with Crippen molar-refractivity contribution in [3.8, 4) is 0 Å². The van der Waals surface area contributed by atoms with Crippen LogP contribution in [0, 0.1) is 5.92 Å². The Kier molecular flexibility index (Phi) is 7.24. The second kappa shape index (κ2) is 7.26. The van der Waals surface area contributed by atoms with Crippen molar-refractivity contribution >= 4 is 28.3 Å². The van der Waals surface area contributed by atoms with Crippen LogP contribution in [0.4, 0.5) is 0 Å². The molecule has 2 N–H and O–H groups in total. The number of nitrogens with two attached hydrogens (primary N) is 1. The van der Waals surface area contributed by atoms with Gasteiger partial charge in [0.15, 0.2) is 0 Å². The molecule has 1 aromatic carbocycles. The molecule has 1 atom stereocenters. The summed E-state index contributed by atoms with van der Waals surface area (Å²) in [7, 11) is 0. The number of rotatable bonds is 4. The zero-order valence-corrected chi connectivity index (χ0v) is 11.6. The molecular formula is C12H19BrClN. The molecule has 0 amide bonds. The number of hydrogen-bond donors (Lipinski definition) is 1. The van der Waals surface area contributed by atoms with Crippen LogP contribution in [-0.2, 0) is 0 Å². The minimum atomic E-state index is 0. The maximum Gasteiger partial charge on any atom is 0.0295 e. The van der Waals surface area contributed by atoms with E-state index in [9.17, 15) is 0 Å². The molecule has 0 saturated carbocycles.